The molecule has 0 aliphatic heterocycles. The number of aliphatic hydroxyl groups excluding tert-OH is 1. The van der Waals surface area contributed by atoms with Gasteiger partial charge in [0.05, 0.1) is 6.10 Å². The van der Waals surface area contributed by atoms with Crippen LogP contribution >= 0.6 is 0 Å². The lowest BCUT2D eigenvalue weighted by Crippen LogP contribution is -2.52. The van der Waals surface area contributed by atoms with Crippen molar-refractivity contribution in [1.82, 2.24) is 5.32 Å². The maximum Gasteiger partial charge on any atom is 0.0577 e. The third-order valence-corrected chi connectivity index (χ3v) is 8.43. The van der Waals surface area contributed by atoms with E-state index in [1.807, 2.05) is 0 Å². The van der Waals surface area contributed by atoms with E-state index in [1.54, 1.807) is 5.57 Å². The molecule has 0 aromatic carbocycles. The molecule has 0 radical (unpaired) electrons. The summed E-state index contributed by atoms with van der Waals surface area (Å²) in [5.41, 5.74) is 2.51. The van der Waals surface area contributed by atoms with Crippen LogP contribution in [0.25, 0.3) is 0 Å². The lowest BCUT2D eigenvalue weighted by molar-refractivity contribution is -0.0427. The van der Waals surface area contributed by atoms with Gasteiger partial charge in [-0.15, -0.1) is 0 Å². The zero-order valence-electron chi connectivity index (χ0n) is 14.6. The fourth-order valence-electron chi connectivity index (χ4n) is 7.12. The minimum atomic E-state index is -0.0788. The molecule has 22 heavy (non-hydrogen) atoms. The molecule has 2 nitrogen and oxygen atoms in total. The van der Waals surface area contributed by atoms with Gasteiger partial charge in [0.2, 0.25) is 0 Å². The highest BCUT2D eigenvalue weighted by Gasteiger charge is 2.58. The number of fused-ring (bicyclic) bond motifs is 5. The van der Waals surface area contributed by atoms with Gasteiger partial charge in [-0.1, -0.05) is 25.5 Å². The van der Waals surface area contributed by atoms with Gasteiger partial charge in [-0.25, -0.2) is 0 Å². The number of nitrogens with one attached hydrogen (secondary N) is 1. The molecule has 0 amide bonds. The monoisotopic (exact) mass is 303 g/mol. The van der Waals surface area contributed by atoms with Crippen LogP contribution < -0.4 is 5.32 Å². The van der Waals surface area contributed by atoms with Gasteiger partial charge in [0.1, 0.15) is 0 Å². The topological polar surface area (TPSA) is 32.3 Å². The number of hydrogen-bond acceptors (Lipinski definition) is 2. The van der Waals surface area contributed by atoms with E-state index in [0.717, 1.165) is 36.6 Å². The van der Waals surface area contributed by atoms with E-state index in [9.17, 15) is 5.11 Å². The molecule has 2 N–H and O–H groups in total. The molecule has 0 aromatic rings. The van der Waals surface area contributed by atoms with E-state index < -0.39 is 0 Å². The summed E-state index contributed by atoms with van der Waals surface area (Å²) in [6.45, 7) is 5.09. The van der Waals surface area contributed by atoms with Crippen molar-refractivity contribution < 1.29 is 5.11 Å². The fourth-order valence-corrected chi connectivity index (χ4v) is 7.12. The fraction of sp³-hybridized carbons (Fsp3) is 0.900. The summed E-state index contributed by atoms with van der Waals surface area (Å²) in [4.78, 5) is 0. The number of hydrogen-bond donors (Lipinski definition) is 2. The molecule has 124 valence electrons. The van der Waals surface area contributed by atoms with Crippen molar-refractivity contribution in [2.24, 2.45) is 28.6 Å². The van der Waals surface area contributed by atoms with Crippen molar-refractivity contribution in [1.29, 1.82) is 0 Å². The molecule has 0 saturated heterocycles. The normalized spacial score (nSPS) is 54.2. The van der Waals surface area contributed by atoms with Crippen LogP contribution in [0.4, 0.5) is 0 Å². The van der Waals surface area contributed by atoms with Gasteiger partial charge in [-0.2, -0.15) is 0 Å². The maximum absolute atomic E-state index is 10.1. The lowest BCUT2D eigenvalue weighted by Gasteiger charge is -2.58. The Hall–Kier alpha value is -0.340. The summed E-state index contributed by atoms with van der Waals surface area (Å²) >= 11 is 0. The summed E-state index contributed by atoms with van der Waals surface area (Å²) in [6.07, 6.45) is 12.5. The Balaban J connectivity index is 1.66. The number of aliphatic hydroxyl groups is 1. The predicted molar refractivity (Wildman–Crippen MR) is 90.6 cm³/mol. The maximum atomic E-state index is 10.1. The zero-order chi connectivity index (χ0) is 15.5. The average molecular weight is 303 g/mol. The molecule has 4 rings (SSSR count). The van der Waals surface area contributed by atoms with E-state index in [1.165, 1.54) is 38.5 Å². The van der Waals surface area contributed by atoms with E-state index in [4.69, 9.17) is 0 Å². The van der Waals surface area contributed by atoms with Gasteiger partial charge in [0.25, 0.3) is 0 Å². The quantitative estimate of drug-likeness (QED) is 0.720. The van der Waals surface area contributed by atoms with Crippen molar-refractivity contribution in [3.05, 3.63) is 11.6 Å². The summed E-state index contributed by atoms with van der Waals surface area (Å²) < 4.78 is 0. The van der Waals surface area contributed by atoms with Crippen LogP contribution in [0.1, 0.15) is 65.2 Å². The SMILES string of the molecule is CN[C@H]1CC[C@H]2[C@@H]3CC=C4C[C@H](O)CC[C@]4(C)[C@H]3CC[C@]12C. The molecule has 0 unspecified atom stereocenters. The lowest BCUT2D eigenvalue weighted by atomic mass is 9.48. The van der Waals surface area contributed by atoms with Crippen LogP contribution in [0.2, 0.25) is 0 Å². The smallest absolute Gasteiger partial charge is 0.0577 e. The van der Waals surface area contributed by atoms with Gasteiger partial charge in [-0.3, -0.25) is 0 Å². The van der Waals surface area contributed by atoms with Crippen LogP contribution in [-0.4, -0.2) is 24.3 Å². The second-order valence-corrected chi connectivity index (χ2v) is 9.12. The summed E-state index contributed by atoms with van der Waals surface area (Å²) in [5.74, 6) is 2.67. The Bertz CT molecular complexity index is 486. The van der Waals surface area contributed by atoms with Gasteiger partial charge in [-0.05, 0) is 87.0 Å². The van der Waals surface area contributed by atoms with Crippen molar-refractivity contribution in [2.45, 2.75) is 77.4 Å². The Labute approximate surface area is 135 Å². The number of allylic oxidation sites excluding steroid dienone is 1. The highest BCUT2D eigenvalue weighted by atomic mass is 16.3. The van der Waals surface area contributed by atoms with E-state index in [0.29, 0.717) is 10.8 Å². The average Bonchev–Trinajstić information content (AvgIpc) is 2.84. The third-order valence-electron chi connectivity index (χ3n) is 8.43. The van der Waals surface area contributed by atoms with E-state index in [-0.39, 0.29) is 6.10 Å². The molecule has 0 aromatic heterocycles. The molecule has 0 heterocycles. The minimum Gasteiger partial charge on any atom is -0.393 e. The van der Waals surface area contributed by atoms with E-state index >= 15 is 0 Å². The van der Waals surface area contributed by atoms with Crippen LogP contribution in [0.15, 0.2) is 11.6 Å². The van der Waals surface area contributed by atoms with Gasteiger partial charge >= 0.3 is 0 Å². The minimum absolute atomic E-state index is 0.0788. The Kier molecular flexibility index (Phi) is 3.51. The molecule has 2 heteroatoms. The largest absolute Gasteiger partial charge is 0.393 e. The van der Waals surface area contributed by atoms with Crippen molar-refractivity contribution in [3.63, 3.8) is 0 Å². The molecule has 0 bridgehead atoms. The zero-order valence-corrected chi connectivity index (χ0v) is 14.6. The van der Waals surface area contributed by atoms with Crippen LogP contribution in [0, 0.1) is 28.6 Å². The molecule has 4 aliphatic rings. The van der Waals surface area contributed by atoms with Crippen LogP contribution in [0.5, 0.6) is 0 Å². The molecule has 4 aliphatic carbocycles. The summed E-state index contributed by atoms with van der Waals surface area (Å²) in [5, 5.41) is 13.7. The molecule has 7 atom stereocenters. The first-order valence-electron chi connectivity index (χ1n) is 9.54. The molecule has 3 saturated carbocycles. The van der Waals surface area contributed by atoms with Gasteiger partial charge in [0, 0.05) is 6.04 Å². The van der Waals surface area contributed by atoms with Crippen molar-refractivity contribution >= 4 is 0 Å². The standard InChI is InChI=1S/C20H33NO/c1-19-10-8-14(22)12-13(19)4-5-15-16-6-7-18(21-3)20(16,2)11-9-17(15)19/h4,14-18,21-22H,5-12H2,1-3H3/t14-,15+,16+,17+,18+,19+,20+/m1/s1. The Morgan fingerprint density at radius 1 is 1.09 bits per heavy atom. The highest BCUT2D eigenvalue weighted by molar-refractivity contribution is 5.25. The highest BCUT2D eigenvalue weighted by Crippen LogP contribution is 2.64. The van der Waals surface area contributed by atoms with Gasteiger partial charge < -0.3 is 10.4 Å². The van der Waals surface area contributed by atoms with Crippen LogP contribution in [0.3, 0.4) is 0 Å². The van der Waals surface area contributed by atoms with Crippen LogP contribution in [-0.2, 0) is 0 Å². The summed E-state index contributed by atoms with van der Waals surface area (Å²) in [6, 6.07) is 0.727. The molecular weight excluding hydrogens is 270 g/mol. The Morgan fingerprint density at radius 2 is 1.91 bits per heavy atom. The third kappa shape index (κ3) is 1.92. The predicted octanol–water partition coefficient (Wildman–Crippen LogP) is 3.90. The summed E-state index contributed by atoms with van der Waals surface area (Å²) in [7, 11) is 2.16. The first kappa shape index (κ1) is 15.2. The Morgan fingerprint density at radius 3 is 2.68 bits per heavy atom. The second-order valence-electron chi connectivity index (χ2n) is 9.12. The first-order valence-corrected chi connectivity index (χ1v) is 9.54. The molecule has 3 fully saturated rings. The van der Waals surface area contributed by atoms with Crippen molar-refractivity contribution in [2.75, 3.05) is 7.05 Å². The second kappa shape index (κ2) is 5.08. The molecule has 0 spiro atoms. The number of rotatable bonds is 1. The van der Waals surface area contributed by atoms with E-state index in [2.05, 4.69) is 32.3 Å². The molecular formula is C20H33NO. The first-order chi connectivity index (χ1) is 10.5. The van der Waals surface area contributed by atoms with Gasteiger partial charge in [0.15, 0.2) is 0 Å². The van der Waals surface area contributed by atoms with Crippen molar-refractivity contribution in [3.8, 4) is 0 Å².